The van der Waals surface area contributed by atoms with E-state index in [1.54, 1.807) is 30.3 Å². The van der Waals surface area contributed by atoms with Crippen molar-refractivity contribution in [3.8, 4) is 5.75 Å². The number of nitro benzene ring substituents is 4. The minimum atomic E-state index is -1.21. The Morgan fingerprint density at radius 2 is 1.08 bits per heavy atom. The molecule has 1 N–H and O–H groups in total. The van der Waals surface area contributed by atoms with Crippen LogP contribution in [0.1, 0.15) is 24.3 Å². The molecule has 2 aliphatic heterocycles. The van der Waals surface area contributed by atoms with Gasteiger partial charge in [-0.3, -0.25) is 59.6 Å². The van der Waals surface area contributed by atoms with E-state index >= 15 is 0 Å². The Balaban J connectivity index is 1.35. The van der Waals surface area contributed by atoms with E-state index in [1.807, 2.05) is 0 Å². The van der Waals surface area contributed by atoms with Gasteiger partial charge in [-0.25, -0.2) is 9.80 Å². The normalized spacial score (nSPS) is 23.1. The van der Waals surface area contributed by atoms with E-state index in [0.29, 0.717) is 26.7 Å². The van der Waals surface area contributed by atoms with E-state index in [9.17, 15) is 64.7 Å². The van der Waals surface area contributed by atoms with E-state index in [2.05, 4.69) is 0 Å². The third-order valence-electron chi connectivity index (χ3n) is 11.6. The van der Waals surface area contributed by atoms with Gasteiger partial charge in [0.2, 0.25) is 23.6 Å². The first-order valence-electron chi connectivity index (χ1n) is 18.5. The number of carbonyl (C=O) groups is 4. The summed E-state index contributed by atoms with van der Waals surface area (Å²) >= 11 is 0. The van der Waals surface area contributed by atoms with Gasteiger partial charge in [-0.05, 0) is 36.5 Å². The number of nitrogens with zero attached hydrogens (tertiary/aromatic N) is 8. The van der Waals surface area contributed by atoms with Crippen molar-refractivity contribution in [1.29, 1.82) is 0 Å². The molecule has 312 valence electrons. The third-order valence-corrected chi connectivity index (χ3v) is 11.6. The zero-order valence-corrected chi connectivity index (χ0v) is 32.3. The predicted octanol–water partition coefficient (Wildman–Crippen LogP) is 3.87. The van der Waals surface area contributed by atoms with Crippen molar-refractivity contribution in [2.24, 2.45) is 29.6 Å². The second-order valence-corrected chi connectivity index (χ2v) is 15.2. The number of nitro groups is 4. The number of hydrogen-bond acceptors (Lipinski definition) is 16. The maximum atomic E-state index is 14.7. The zero-order valence-electron chi connectivity index (χ0n) is 32.3. The van der Waals surface area contributed by atoms with Crippen LogP contribution in [0.2, 0.25) is 0 Å². The molecule has 4 amide bonds. The summed E-state index contributed by atoms with van der Waals surface area (Å²) in [6, 6.07) is 10.1. The summed E-state index contributed by atoms with van der Waals surface area (Å²) in [7, 11) is 5.45. The summed E-state index contributed by atoms with van der Waals surface area (Å²) in [5, 5.41) is 58.0. The Morgan fingerprint density at radius 3 is 1.50 bits per heavy atom. The van der Waals surface area contributed by atoms with Crippen LogP contribution in [0.5, 0.6) is 5.75 Å². The van der Waals surface area contributed by atoms with Crippen molar-refractivity contribution < 1.29 is 48.7 Å². The first-order chi connectivity index (χ1) is 28.4. The molecule has 0 radical (unpaired) electrons. The van der Waals surface area contributed by atoms with Gasteiger partial charge in [0, 0.05) is 58.4 Å². The van der Waals surface area contributed by atoms with Gasteiger partial charge in [0.15, 0.2) is 11.4 Å². The van der Waals surface area contributed by atoms with Gasteiger partial charge in [0.1, 0.15) is 12.4 Å². The van der Waals surface area contributed by atoms with Gasteiger partial charge in [-0.1, -0.05) is 23.8 Å². The smallest absolute Gasteiger partial charge is 0.301 e. The van der Waals surface area contributed by atoms with Crippen molar-refractivity contribution in [1.82, 2.24) is 0 Å². The molecule has 3 aromatic rings. The third kappa shape index (κ3) is 6.40. The van der Waals surface area contributed by atoms with Gasteiger partial charge in [0.25, 0.3) is 0 Å². The molecular weight excluding hydrogens is 792 g/mol. The molecule has 2 saturated heterocycles. The van der Waals surface area contributed by atoms with E-state index < -0.39 is 113 Å². The molecule has 3 aromatic carbocycles. The lowest BCUT2D eigenvalue weighted by atomic mass is 9.57. The van der Waals surface area contributed by atoms with Crippen molar-refractivity contribution in [2.75, 3.05) is 61.0 Å². The van der Waals surface area contributed by atoms with Crippen LogP contribution in [-0.2, 0) is 19.2 Å². The first kappa shape index (κ1) is 40.8. The van der Waals surface area contributed by atoms with Crippen LogP contribution in [0.15, 0.2) is 60.2 Å². The number of rotatable bonds is 12. The highest BCUT2D eigenvalue weighted by molar-refractivity contribution is 6.24. The number of hydrogen-bond donors (Lipinski definition) is 1. The molecule has 7 rings (SSSR count). The molecule has 3 fully saturated rings. The molecule has 2 heterocycles. The largest absolute Gasteiger partial charge is 0.491 e. The molecule has 22 heteroatoms. The zero-order chi connectivity index (χ0) is 43.6. The number of imide groups is 2. The average Bonchev–Trinajstić information content (AvgIpc) is 3.61. The van der Waals surface area contributed by atoms with Gasteiger partial charge < -0.3 is 19.6 Å². The van der Waals surface area contributed by atoms with Crippen LogP contribution in [0.3, 0.4) is 0 Å². The van der Waals surface area contributed by atoms with Gasteiger partial charge in [-0.2, -0.15) is 0 Å². The lowest BCUT2D eigenvalue weighted by Crippen LogP contribution is -2.43. The van der Waals surface area contributed by atoms with Crippen molar-refractivity contribution in [3.05, 3.63) is 106 Å². The molecule has 2 aliphatic carbocycles. The van der Waals surface area contributed by atoms with E-state index in [1.165, 1.54) is 38.0 Å². The molecule has 0 aromatic heterocycles. The molecule has 22 nitrogen and oxygen atoms in total. The van der Waals surface area contributed by atoms with Crippen molar-refractivity contribution in [3.63, 3.8) is 0 Å². The number of benzene rings is 3. The molecule has 1 saturated carbocycles. The second-order valence-electron chi connectivity index (χ2n) is 15.2. The van der Waals surface area contributed by atoms with Gasteiger partial charge in [-0.15, -0.1) is 0 Å². The summed E-state index contributed by atoms with van der Waals surface area (Å²) < 4.78 is 5.51. The fraction of sp³-hybridized carbons (Fsp3) is 0.368. The number of fused-ring (bicyclic) bond motifs is 4. The number of anilines is 4. The Bertz CT molecular complexity index is 2380. The first-order valence-corrected chi connectivity index (χ1v) is 18.5. The van der Waals surface area contributed by atoms with Gasteiger partial charge in [0.05, 0.1) is 61.3 Å². The van der Waals surface area contributed by atoms with Crippen LogP contribution in [0, 0.1) is 70.0 Å². The number of ether oxygens (including phenoxy) is 1. The van der Waals surface area contributed by atoms with Crippen LogP contribution < -0.4 is 24.3 Å². The molecule has 0 bridgehead atoms. The number of aliphatic hydroxyl groups is 1. The highest BCUT2D eigenvalue weighted by Crippen LogP contribution is 2.59. The minimum absolute atomic E-state index is 0.0204. The Hall–Kier alpha value is -7.36. The molecule has 4 aliphatic rings. The van der Waals surface area contributed by atoms with E-state index in [0.717, 1.165) is 24.3 Å². The molecule has 6 atom stereocenters. The molecule has 0 spiro atoms. The quantitative estimate of drug-likeness (QED) is 0.117. The average molecular weight is 829 g/mol. The monoisotopic (exact) mass is 828 g/mol. The van der Waals surface area contributed by atoms with Crippen LogP contribution in [0.4, 0.5) is 45.5 Å². The molecule has 6 unspecified atom stereocenters. The SMILES string of the molecule is CN(C)c1c([N+](=O)[O-])cc(N2C(=O)C3CC=C4C(CC5C(=O)N(c6cc([N+](=O)[O-])c(N(C)C)c([N+](=O)[O-])c6)C(=O)C5C4c4ccc(OCCO)cc4)C3C2=O)cc1[N+](=O)[O-]. The number of amides is 4. The molecular formula is C38H36N8O14. The second kappa shape index (κ2) is 15.1. The van der Waals surface area contributed by atoms with E-state index in [4.69, 9.17) is 4.74 Å². The van der Waals surface area contributed by atoms with Crippen LogP contribution >= 0.6 is 0 Å². The summed E-state index contributed by atoms with van der Waals surface area (Å²) in [4.78, 5) is 107. The summed E-state index contributed by atoms with van der Waals surface area (Å²) in [6.45, 7) is -0.290. The number of allylic oxidation sites excluding steroid dienone is 2. The Kier molecular flexibility index (Phi) is 10.3. The Morgan fingerprint density at radius 1 is 0.650 bits per heavy atom. The van der Waals surface area contributed by atoms with Crippen LogP contribution in [0.25, 0.3) is 0 Å². The summed E-state index contributed by atoms with van der Waals surface area (Å²) in [5.41, 5.74) is -3.43. The van der Waals surface area contributed by atoms with E-state index in [-0.39, 0.29) is 37.4 Å². The minimum Gasteiger partial charge on any atom is -0.491 e. The molecule has 60 heavy (non-hydrogen) atoms. The maximum absolute atomic E-state index is 14.7. The lowest BCUT2D eigenvalue weighted by molar-refractivity contribution is -0.392. The number of carbonyl (C=O) groups excluding carboxylic acids is 4. The lowest BCUT2D eigenvalue weighted by Gasteiger charge is -2.44. The highest BCUT2D eigenvalue weighted by Gasteiger charge is 2.62. The van der Waals surface area contributed by atoms with Crippen molar-refractivity contribution in [2.45, 2.75) is 18.8 Å². The predicted molar refractivity (Wildman–Crippen MR) is 210 cm³/mol. The van der Waals surface area contributed by atoms with Gasteiger partial charge >= 0.3 is 22.7 Å². The fourth-order valence-electron chi connectivity index (χ4n) is 9.32. The summed E-state index contributed by atoms with van der Waals surface area (Å²) in [5.74, 6) is -9.37. The highest BCUT2D eigenvalue weighted by atomic mass is 16.6. The number of aliphatic hydroxyl groups excluding tert-OH is 1. The maximum Gasteiger partial charge on any atom is 0.301 e. The topological polar surface area (TPSA) is 283 Å². The van der Waals surface area contributed by atoms with Crippen molar-refractivity contribution >= 4 is 69.1 Å². The fourth-order valence-corrected chi connectivity index (χ4v) is 9.32. The Labute approximate surface area is 338 Å². The van der Waals surface area contributed by atoms with Crippen LogP contribution in [-0.4, -0.2) is 89.8 Å². The standard InChI is InChI=1S/C38H36N8O14/c1-39(2)33-26(43(52)53)13-19(14-27(33)44(54)55)41-35(48)23-10-9-22-24(31(23)37(41)50)17-25-32(30(22)18-5-7-21(8-6-18)60-12-11-47)38(51)42(36(25)49)20-15-28(45(56)57)34(40(3)4)29(16-20)46(58)59/h5-9,13-16,23-25,30-32,47H,10-12,17H2,1-4H3. The summed E-state index contributed by atoms with van der Waals surface area (Å²) in [6.07, 6.45) is 1.48.